The molecular weight excluding hydrogens is 303 g/mol. The fourth-order valence-electron chi connectivity index (χ4n) is 3.08. The Morgan fingerprint density at radius 1 is 1.27 bits per heavy atom. The van der Waals surface area contributed by atoms with E-state index < -0.39 is 0 Å². The molecule has 22 heavy (non-hydrogen) atoms. The van der Waals surface area contributed by atoms with Crippen molar-refractivity contribution in [2.45, 2.75) is 38.6 Å². The van der Waals surface area contributed by atoms with Gasteiger partial charge in [-0.05, 0) is 12.5 Å². The lowest BCUT2D eigenvalue weighted by atomic mass is 9.97. The lowest BCUT2D eigenvalue weighted by Gasteiger charge is -2.36. The number of hydrogen-bond acceptors (Lipinski definition) is 3. The molecule has 0 saturated carbocycles. The highest BCUT2D eigenvalue weighted by Gasteiger charge is 2.24. The average molecular weight is 331 g/mol. The Balaban J connectivity index is 0.00000242. The zero-order valence-corrected chi connectivity index (χ0v) is 14.4. The maximum absolute atomic E-state index is 13.4. The highest BCUT2D eigenvalue weighted by Crippen LogP contribution is 2.34. The van der Waals surface area contributed by atoms with Gasteiger partial charge in [-0.1, -0.05) is 32.3 Å². The van der Waals surface area contributed by atoms with Gasteiger partial charge in [0.15, 0.2) is 0 Å². The van der Waals surface area contributed by atoms with Crippen molar-refractivity contribution in [2.24, 2.45) is 0 Å². The summed E-state index contributed by atoms with van der Waals surface area (Å²) in [6.45, 7) is 6.34. The number of piperazine rings is 1. The van der Waals surface area contributed by atoms with Crippen molar-refractivity contribution in [1.82, 2.24) is 10.2 Å². The van der Waals surface area contributed by atoms with E-state index in [1.165, 1.54) is 25.3 Å². The molecule has 1 aliphatic heterocycles. The molecule has 0 unspecified atom stereocenters. The van der Waals surface area contributed by atoms with Crippen LogP contribution in [0.1, 0.15) is 44.2 Å². The van der Waals surface area contributed by atoms with Crippen LogP contribution in [0.5, 0.6) is 5.75 Å². The maximum atomic E-state index is 13.4. The topological polar surface area (TPSA) is 24.5 Å². The fraction of sp³-hybridized carbons (Fsp3) is 0.647. The molecule has 0 amide bonds. The lowest BCUT2D eigenvalue weighted by molar-refractivity contribution is 0.160. The number of rotatable bonds is 7. The summed E-state index contributed by atoms with van der Waals surface area (Å²) in [5, 5.41) is 3.39. The van der Waals surface area contributed by atoms with E-state index in [2.05, 4.69) is 17.1 Å². The molecule has 1 aromatic carbocycles. The normalized spacial score (nSPS) is 16.9. The Bertz CT molecular complexity index is 439. The standard InChI is InChI=1S/C17H27FN2O.ClH/c1-3-4-5-6-16(20-11-9-19-10-12-20)15-8-7-14(18)13-17(15)21-2;/h7-8,13,16,19H,3-6,9-12H2,1-2H3;1H/t16-;/m0./s1. The van der Waals surface area contributed by atoms with Gasteiger partial charge < -0.3 is 10.1 Å². The van der Waals surface area contributed by atoms with Crippen molar-refractivity contribution < 1.29 is 9.13 Å². The summed E-state index contributed by atoms with van der Waals surface area (Å²) in [4.78, 5) is 2.50. The number of ether oxygens (including phenoxy) is 1. The van der Waals surface area contributed by atoms with Gasteiger partial charge in [0, 0.05) is 43.9 Å². The van der Waals surface area contributed by atoms with Gasteiger partial charge >= 0.3 is 0 Å². The monoisotopic (exact) mass is 330 g/mol. The predicted octanol–water partition coefficient (Wildman–Crippen LogP) is 3.78. The molecule has 1 atom stereocenters. The molecule has 1 aliphatic rings. The number of unbranched alkanes of at least 4 members (excludes halogenated alkanes) is 2. The van der Waals surface area contributed by atoms with Crippen molar-refractivity contribution in [2.75, 3.05) is 33.3 Å². The molecule has 1 aromatic rings. The Kier molecular flexibility index (Phi) is 8.76. The third-order valence-corrected chi connectivity index (χ3v) is 4.23. The molecule has 0 aliphatic carbocycles. The maximum Gasteiger partial charge on any atom is 0.126 e. The smallest absolute Gasteiger partial charge is 0.126 e. The van der Waals surface area contributed by atoms with Crippen LogP contribution in [0.2, 0.25) is 0 Å². The quantitative estimate of drug-likeness (QED) is 0.770. The van der Waals surface area contributed by atoms with Crippen molar-refractivity contribution >= 4 is 12.4 Å². The van der Waals surface area contributed by atoms with Crippen molar-refractivity contribution in [3.63, 3.8) is 0 Å². The molecular formula is C17H28ClFN2O. The van der Waals surface area contributed by atoms with E-state index in [9.17, 15) is 4.39 Å². The van der Waals surface area contributed by atoms with Crippen molar-refractivity contribution in [1.29, 1.82) is 0 Å². The van der Waals surface area contributed by atoms with Crippen LogP contribution in [0.25, 0.3) is 0 Å². The zero-order valence-electron chi connectivity index (χ0n) is 13.6. The summed E-state index contributed by atoms with van der Waals surface area (Å²) >= 11 is 0. The Labute approximate surface area is 139 Å². The Morgan fingerprint density at radius 3 is 2.64 bits per heavy atom. The molecule has 0 radical (unpaired) electrons. The van der Waals surface area contributed by atoms with E-state index in [4.69, 9.17) is 4.74 Å². The van der Waals surface area contributed by atoms with E-state index in [0.717, 1.165) is 38.2 Å². The van der Waals surface area contributed by atoms with Gasteiger partial charge in [0.1, 0.15) is 11.6 Å². The molecule has 2 rings (SSSR count). The third-order valence-electron chi connectivity index (χ3n) is 4.23. The number of halogens is 2. The van der Waals surface area contributed by atoms with E-state index in [1.54, 1.807) is 13.2 Å². The van der Waals surface area contributed by atoms with Crippen molar-refractivity contribution in [3.05, 3.63) is 29.6 Å². The second-order valence-corrected chi connectivity index (χ2v) is 5.68. The first-order valence-corrected chi connectivity index (χ1v) is 8.04. The average Bonchev–Trinajstić information content (AvgIpc) is 2.53. The van der Waals surface area contributed by atoms with Crippen LogP contribution in [0.15, 0.2) is 18.2 Å². The molecule has 0 spiro atoms. The summed E-state index contributed by atoms with van der Waals surface area (Å²) in [6.07, 6.45) is 4.77. The molecule has 1 saturated heterocycles. The largest absolute Gasteiger partial charge is 0.496 e. The summed E-state index contributed by atoms with van der Waals surface area (Å²) in [7, 11) is 1.62. The molecule has 1 fully saturated rings. The van der Waals surface area contributed by atoms with E-state index in [0.29, 0.717) is 11.8 Å². The lowest BCUT2D eigenvalue weighted by Crippen LogP contribution is -2.45. The van der Waals surface area contributed by atoms with Crippen LogP contribution in [-0.2, 0) is 0 Å². The van der Waals surface area contributed by atoms with E-state index >= 15 is 0 Å². The van der Waals surface area contributed by atoms with Gasteiger partial charge in [-0.25, -0.2) is 4.39 Å². The summed E-state index contributed by atoms with van der Waals surface area (Å²) in [5.74, 6) is 0.443. The highest BCUT2D eigenvalue weighted by atomic mass is 35.5. The van der Waals surface area contributed by atoms with E-state index in [-0.39, 0.29) is 18.2 Å². The van der Waals surface area contributed by atoms with Gasteiger partial charge in [-0.15, -0.1) is 12.4 Å². The molecule has 1 N–H and O–H groups in total. The molecule has 3 nitrogen and oxygen atoms in total. The number of nitrogens with one attached hydrogen (secondary N) is 1. The minimum atomic E-state index is -0.233. The van der Waals surface area contributed by atoms with Crippen LogP contribution in [0.3, 0.4) is 0 Å². The number of nitrogens with zero attached hydrogens (tertiary/aromatic N) is 1. The van der Waals surface area contributed by atoms with Crippen LogP contribution < -0.4 is 10.1 Å². The molecule has 126 valence electrons. The van der Waals surface area contributed by atoms with Gasteiger partial charge in [-0.2, -0.15) is 0 Å². The first kappa shape index (κ1) is 19.2. The van der Waals surface area contributed by atoms with E-state index in [1.807, 2.05) is 6.07 Å². The third kappa shape index (κ3) is 5.11. The highest BCUT2D eigenvalue weighted by molar-refractivity contribution is 5.85. The SMILES string of the molecule is CCCCC[C@@H](c1ccc(F)cc1OC)N1CCNCC1.Cl. The van der Waals surface area contributed by atoms with Gasteiger partial charge in [0.2, 0.25) is 0 Å². The fourth-order valence-corrected chi connectivity index (χ4v) is 3.08. The summed E-state index contributed by atoms with van der Waals surface area (Å²) < 4.78 is 18.9. The second-order valence-electron chi connectivity index (χ2n) is 5.68. The van der Waals surface area contributed by atoms with Crippen molar-refractivity contribution in [3.8, 4) is 5.75 Å². The van der Waals surface area contributed by atoms with Crippen LogP contribution >= 0.6 is 12.4 Å². The molecule has 1 heterocycles. The number of methoxy groups -OCH3 is 1. The number of hydrogen-bond donors (Lipinski definition) is 1. The van der Waals surface area contributed by atoms with Crippen LogP contribution in [0.4, 0.5) is 4.39 Å². The summed E-state index contributed by atoms with van der Waals surface area (Å²) in [6, 6.07) is 5.28. The van der Waals surface area contributed by atoms with Gasteiger partial charge in [-0.3, -0.25) is 4.90 Å². The molecule has 0 aromatic heterocycles. The predicted molar refractivity (Wildman–Crippen MR) is 91.5 cm³/mol. The number of benzene rings is 1. The van der Waals surface area contributed by atoms with Crippen LogP contribution in [-0.4, -0.2) is 38.2 Å². The molecule has 5 heteroatoms. The second kappa shape index (κ2) is 10.0. The first-order valence-electron chi connectivity index (χ1n) is 8.04. The Hall–Kier alpha value is -0.840. The van der Waals surface area contributed by atoms with Crippen LogP contribution in [0, 0.1) is 5.82 Å². The zero-order chi connectivity index (χ0) is 15.1. The first-order chi connectivity index (χ1) is 10.3. The van der Waals surface area contributed by atoms with Gasteiger partial charge in [0.25, 0.3) is 0 Å². The summed E-state index contributed by atoms with van der Waals surface area (Å²) in [5.41, 5.74) is 1.12. The van der Waals surface area contributed by atoms with Gasteiger partial charge in [0.05, 0.1) is 7.11 Å². The molecule has 0 bridgehead atoms. The minimum Gasteiger partial charge on any atom is -0.496 e. The Morgan fingerprint density at radius 2 is 2.00 bits per heavy atom. The minimum absolute atomic E-state index is 0.